The van der Waals surface area contributed by atoms with Gasteiger partial charge in [0.15, 0.2) is 5.82 Å². The highest BCUT2D eigenvalue weighted by Gasteiger charge is 2.17. The summed E-state index contributed by atoms with van der Waals surface area (Å²) in [6.45, 7) is 7.30. The van der Waals surface area contributed by atoms with Crippen LogP contribution in [-0.2, 0) is 6.42 Å². The summed E-state index contributed by atoms with van der Waals surface area (Å²) in [5, 5.41) is 0. The first-order valence-electron chi connectivity index (χ1n) is 8.22. The average Bonchev–Trinajstić information content (AvgIpc) is 2.87. The number of hydrogen-bond acceptors (Lipinski definition) is 3. The Hall–Kier alpha value is -1.55. The fraction of sp³-hybridized carbons (Fsp3) is 0.588. The first-order valence-corrected chi connectivity index (χ1v) is 8.22. The van der Waals surface area contributed by atoms with Gasteiger partial charge >= 0.3 is 0 Å². The molecule has 2 N–H and O–H groups in total. The molecular formula is C17H28N4. The average molecular weight is 288 g/mol. The third-order valence-electron chi connectivity index (χ3n) is 3.85. The second-order valence-corrected chi connectivity index (χ2v) is 5.54. The number of rotatable bonds is 9. The second kappa shape index (κ2) is 8.03. The molecule has 2 aromatic rings. The predicted octanol–water partition coefficient (Wildman–Crippen LogP) is 3.24. The zero-order chi connectivity index (χ0) is 15.1. The van der Waals surface area contributed by atoms with Gasteiger partial charge < -0.3 is 15.0 Å². The molecule has 2 rings (SSSR count). The van der Waals surface area contributed by atoms with E-state index in [1.807, 2.05) is 6.07 Å². The van der Waals surface area contributed by atoms with Crippen molar-refractivity contribution >= 4 is 11.5 Å². The molecule has 0 radical (unpaired) electrons. The van der Waals surface area contributed by atoms with Crippen LogP contribution < -0.4 is 10.6 Å². The topological polar surface area (TPSA) is 46.6 Å². The van der Waals surface area contributed by atoms with Crippen LogP contribution >= 0.6 is 0 Å². The van der Waals surface area contributed by atoms with E-state index >= 15 is 0 Å². The molecule has 4 heteroatoms. The first-order chi connectivity index (χ1) is 10.3. The highest BCUT2D eigenvalue weighted by atomic mass is 15.2. The maximum atomic E-state index is 5.82. The van der Waals surface area contributed by atoms with Gasteiger partial charge in [0, 0.05) is 25.7 Å². The van der Waals surface area contributed by atoms with E-state index in [9.17, 15) is 0 Å². The van der Waals surface area contributed by atoms with Crippen molar-refractivity contribution in [1.82, 2.24) is 9.38 Å². The van der Waals surface area contributed by atoms with Crippen molar-refractivity contribution in [3.05, 3.63) is 30.1 Å². The lowest BCUT2D eigenvalue weighted by atomic mass is 10.2. The summed E-state index contributed by atoms with van der Waals surface area (Å²) < 4.78 is 2.19. The van der Waals surface area contributed by atoms with Crippen LogP contribution in [0.2, 0.25) is 0 Å². The summed E-state index contributed by atoms with van der Waals surface area (Å²) in [5.41, 5.74) is 8.09. The Balaban J connectivity index is 2.36. The summed E-state index contributed by atoms with van der Waals surface area (Å²) in [4.78, 5) is 7.32. The number of nitrogens with two attached hydrogens (primary N) is 1. The summed E-state index contributed by atoms with van der Waals surface area (Å²) in [5.74, 6) is 1.13. The van der Waals surface area contributed by atoms with E-state index in [0.29, 0.717) is 6.54 Å². The van der Waals surface area contributed by atoms with E-state index in [1.54, 1.807) is 0 Å². The molecule has 4 nitrogen and oxygen atoms in total. The molecule has 2 aromatic heterocycles. The van der Waals surface area contributed by atoms with Gasteiger partial charge in [-0.05, 0) is 31.5 Å². The van der Waals surface area contributed by atoms with Gasteiger partial charge in [-0.3, -0.25) is 0 Å². The maximum Gasteiger partial charge on any atom is 0.151 e. The van der Waals surface area contributed by atoms with E-state index in [4.69, 9.17) is 10.7 Å². The number of fused-ring (bicyclic) bond motifs is 1. The van der Waals surface area contributed by atoms with Gasteiger partial charge in [0.1, 0.15) is 5.65 Å². The van der Waals surface area contributed by atoms with Crippen molar-refractivity contribution in [1.29, 1.82) is 0 Å². The zero-order valence-corrected chi connectivity index (χ0v) is 13.4. The van der Waals surface area contributed by atoms with Crippen LogP contribution in [0.5, 0.6) is 0 Å². The minimum atomic E-state index is 0.658. The lowest BCUT2D eigenvalue weighted by molar-refractivity contribution is 0.669. The first kappa shape index (κ1) is 15.8. The van der Waals surface area contributed by atoms with Crippen molar-refractivity contribution in [3.63, 3.8) is 0 Å². The number of aromatic nitrogens is 2. The third kappa shape index (κ3) is 3.76. The van der Waals surface area contributed by atoms with Crippen LogP contribution in [0.25, 0.3) is 5.65 Å². The highest BCUT2D eigenvalue weighted by Crippen LogP contribution is 2.23. The summed E-state index contributed by atoms with van der Waals surface area (Å²) in [6, 6.07) is 6.17. The molecule has 0 amide bonds. The van der Waals surface area contributed by atoms with Crippen LogP contribution in [0.4, 0.5) is 5.82 Å². The van der Waals surface area contributed by atoms with Crippen molar-refractivity contribution in [2.45, 2.75) is 46.0 Å². The summed E-state index contributed by atoms with van der Waals surface area (Å²) >= 11 is 0. The van der Waals surface area contributed by atoms with Crippen molar-refractivity contribution in [3.8, 4) is 0 Å². The Morgan fingerprint density at radius 2 is 1.86 bits per heavy atom. The van der Waals surface area contributed by atoms with E-state index < -0.39 is 0 Å². The highest BCUT2D eigenvalue weighted by molar-refractivity contribution is 5.56. The Morgan fingerprint density at radius 1 is 1.14 bits per heavy atom. The maximum absolute atomic E-state index is 5.82. The molecule has 0 bridgehead atoms. The molecule has 0 spiro atoms. The Bertz CT molecular complexity index is 539. The Labute approximate surface area is 128 Å². The van der Waals surface area contributed by atoms with Crippen molar-refractivity contribution in [2.75, 3.05) is 24.5 Å². The quantitative estimate of drug-likeness (QED) is 0.770. The number of nitrogens with zero attached hydrogens (tertiary/aromatic N) is 3. The molecular weight excluding hydrogens is 260 g/mol. The van der Waals surface area contributed by atoms with Crippen LogP contribution in [0.3, 0.4) is 0 Å². The molecule has 0 aliphatic carbocycles. The molecule has 0 saturated heterocycles. The van der Waals surface area contributed by atoms with E-state index in [-0.39, 0.29) is 0 Å². The molecule has 21 heavy (non-hydrogen) atoms. The van der Waals surface area contributed by atoms with Gasteiger partial charge in [0.05, 0.1) is 5.69 Å². The summed E-state index contributed by atoms with van der Waals surface area (Å²) in [7, 11) is 0. The number of anilines is 1. The van der Waals surface area contributed by atoms with Crippen molar-refractivity contribution in [2.24, 2.45) is 5.73 Å². The lowest BCUT2D eigenvalue weighted by Gasteiger charge is -2.23. The fourth-order valence-corrected chi connectivity index (χ4v) is 2.68. The van der Waals surface area contributed by atoms with Gasteiger partial charge in [0.25, 0.3) is 0 Å². The summed E-state index contributed by atoms with van der Waals surface area (Å²) in [6.07, 6.45) is 7.80. The van der Waals surface area contributed by atoms with Crippen LogP contribution in [0, 0.1) is 0 Å². The van der Waals surface area contributed by atoms with Gasteiger partial charge in [-0.15, -0.1) is 0 Å². The minimum Gasteiger partial charge on any atom is -0.355 e. The molecule has 0 saturated carbocycles. The Morgan fingerprint density at radius 3 is 2.48 bits per heavy atom. The molecule has 0 aliphatic rings. The second-order valence-electron chi connectivity index (χ2n) is 5.54. The van der Waals surface area contributed by atoms with Gasteiger partial charge in [-0.2, -0.15) is 0 Å². The SMILES string of the molecule is CCCCN(CCCC)c1nc2ccccn2c1CCN. The predicted molar refractivity (Wildman–Crippen MR) is 90.0 cm³/mol. The van der Waals surface area contributed by atoms with Crippen LogP contribution in [0.15, 0.2) is 24.4 Å². The van der Waals surface area contributed by atoms with E-state index in [1.165, 1.54) is 31.4 Å². The van der Waals surface area contributed by atoms with Crippen molar-refractivity contribution < 1.29 is 0 Å². The largest absolute Gasteiger partial charge is 0.355 e. The molecule has 116 valence electrons. The Kier molecular flexibility index (Phi) is 6.05. The monoisotopic (exact) mass is 288 g/mol. The molecule has 0 atom stereocenters. The number of unbranched alkanes of at least 4 members (excludes halogenated alkanes) is 2. The minimum absolute atomic E-state index is 0.658. The van der Waals surface area contributed by atoms with E-state index in [0.717, 1.165) is 31.0 Å². The number of imidazole rings is 1. The number of hydrogen-bond donors (Lipinski definition) is 1. The molecule has 0 aliphatic heterocycles. The number of pyridine rings is 1. The van der Waals surface area contributed by atoms with Gasteiger partial charge in [0.2, 0.25) is 0 Å². The normalized spacial score (nSPS) is 11.2. The fourth-order valence-electron chi connectivity index (χ4n) is 2.68. The third-order valence-corrected chi connectivity index (χ3v) is 3.85. The molecule has 2 heterocycles. The standard InChI is InChI=1S/C17H28N4/c1-3-5-12-20(13-6-4-2)17-15(10-11-18)21-14-8-7-9-16(21)19-17/h7-9,14H,3-6,10-13,18H2,1-2H3. The molecule has 0 aromatic carbocycles. The smallest absolute Gasteiger partial charge is 0.151 e. The zero-order valence-electron chi connectivity index (χ0n) is 13.4. The van der Waals surface area contributed by atoms with Crippen LogP contribution in [-0.4, -0.2) is 29.0 Å². The van der Waals surface area contributed by atoms with Gasteiger partial charge in [-0.25, -0.2) is 4.98 Å². The van der Waals surface area contributed by atoms with Gasteiger partial charge in [-0.1, -0.05) is 32.8 Å². The lowest BCUT2D eigenvalue weighted by Crippen LogP contribution is -2.27. The van der Waals surface area contributed by atoms with E-state index in [2.05, 4.69) is 41.5 Å². The van der Waals surface area contributed by atoms with Crippen LogP contribution in [0.1, 0.15) is 45.2 Å². The molecule has 0 fully saturated rings. The molecule has 0 unspecified atom stereocenters.